The van der Waals surface area contributed by atoms with Crippen molar-refractivity contribution < 1.29 is 5.11 Å². The maximum atomic E-state index is 12.3. The highest BCUT2D eigenvalue weighted by molar-refractivity contribution is 5.80. The van der Waals surface area contributed by atoms with Gasteiger partial charge in [0, 0.05) is 23.3 Å². The minimum absolute atomic E-state index is 0.0643. The number of benzene rings is 2. The number of nitrogens with one attached hydrogen (secondary N) is 2. The van der Waals surface area contributed by atoms with Gasteiger partial charge in [-0.3, -0.25) is 4.79 Å². The molecule has 3 rings (SSSR count). The number of aromatic hydroxyl groups is 1. The van der Waals surface area contributed by atoms with Crippen molar-refractivity contribution in [3.63, 3.8) is 0 Å². The molecule has 0 bridgehead atoms. The Labute approximate surface area is 141 Å². The molecule has 1 heterocycles. The van der Waals surface area contributed by atoms with E-state index < -0.39 is 0 Å². The lowest BCUT2D eigenvalue weighted by molar-refractivity contribution is 0.475. The molecule has 0 aliphatic heterocycles. The Balaban J connectivity index is 1.91. The molecule has 124 valence electrons. The average Bonchev–Trinajstić information content (AvgIpc) is 2.53. The van der Waals surface area contributed by atoms with Crippen LogP contribution in [0.3, 0.4) is 0 Å². The Morgan fingerprint density at radius 2 is 1.75 bits per heavy atom. The molecule has 3 aromatic rings. The summed E-state index contributed by atoms with van der Waals surface area (Å²) in [6.07, 6.45) is 0. The van der Waals surface area contributed by atoms with Crippen molar-refractivity contribution in [3.05, 3.63) is 70.0 Å². The van der Waals surface area contributed by atoms with E-state index in [1.54, 1.807) is 24.3 Å². The van der Waals surface area contributed by atoms with Crippen LogP contribution >= 0.6 is 0 Å². The summed E-state index contributed by atoms with van der Waals surface area (Å²) in [5.41, 5.74) is 3.60. The van der Waals surface area contributed by atoms with Gasteiger partial charge in [0.2, 0.25) is 0 Å². The molecule has 2 aromatic carbocycles. The number of hydrogen-bond donors (Lipinski definition) is 3. The van der Waals surface area contributed by atoms with Crippen molar-refractivity contribution >= 4 is 16.6 Å². The molecule has 24 heavy (non-hydrogen) atoms. The Bertz CT molecular complexity index is 919. The van der Waals surface area contributed by atoms with Crippen LogP contribution in [0.4, 0.5) is 5.69 Å². The van der Waals surface area contributed by atoms with Crippen LogP contribution in [0, 0.1) is 0 Å². The monoisotopic (exact) mass is 322 g/mol. The van der Waals surface area contributed by atoms with E-state index >= 15 is 0 Å². The Morgan fingerprint density at radius 1 is 1.04 bits per heavy atom. The molecular weight excluding hydrogens is 300 g/mol. The van der Waals surface area contributed by atoms with E-state index in [4.69, 9.17) is 0 Å². The second kappa shape index (κ2) is 6.04. The van der Waals surface area contributed by atoms with Gasteiger partial charge in [0.05, 0.1) is 0 Å². The van der Waals surface area contributed by atoms with Gasteiger partial charge < -0.3 is 15.4 Å². The normalized spacial score (nSPS) is 11.6. The molecule has 4 heteroatoms. The summed E-state index contributed by atoms with van der Waals surface area (Å²) in [5, 5.41) is 13.6. The molecule has 0 aliphatic carbocycles. The summed E-state index contributed by atoms with van der Waals surface area (Å²) in [7, 11) is 0. The number of aromatic amines is 1. The fourth-order valence-electron chi connectivity index (χ4n) is 2.63. The predicted molar refractivity (Wildman–Crippen MR) is 98.7 cm³/mol. The van der Waals surface area contributed by atoms with Crippen molar-refractivity contribution in [2.75, 3.05) is 5.32 Å². The van der Waals surface area contributed by atoms with E-state index in [-0.39, 0.29) is 16.7 Å². The fourth-order valence-corrected chi connectivity index (χ4v) is 2.63. The lowest BCUT2D eigenvalue weighted by Crippen LogP contribution is -2.16. The molecule has 1 aromatic heterocycles. The molecule has 0 atom stereocenters. The largest absolute Gasteiger partial charge is 0.508 e. The van der Waals surface area contributed by atoms with Crippen LogP contribution in [0.15, 0.2) is 53.3 Å². The van der Waals surface area contributed by atoms with Gasteiger partial charge in [0.25, 0.3) is 5.56 Å². The van der Waals surface area contributed by atoms with Gasteiger partial charge in [-0.2, -0.15) is 0 Å². The minimum Gasteiger partial charge on any atom is -0.508 e. The van der Waals surface area contributed by atoms with Gasteiger partial charge in [0.15, 0.2) is 0 Å². The summed E-state index contributed by atoms with van der Waals surface area (Å²) in [6, 6.07) is 14.9. The third-order valence-electron chi connectivity index (χ3n) is 4.14. The molecule has 0 radical (unpaired) electrons. The molecule has 0 unspecified atom stereocenters. The van der Waals surface area contributed by atoms with Crippen molar-refractivity contribution in [2.24, 2.45) is 0 Å². The molecular formula is C20H22N2O2. The second-order valence-electron chi connectivity index (χ2n) is 7.08. The smallest absolute Gasteiger partial charge is 0.253 e. The zero-order valence-electron chi connectivity index (χ0n) is 14.2. The first kappa shape index (κ1) is 16.1. The number of hydrogen-bond acceptors (Lipinski definition) is 3. The Hall–Kier alpha value is -2.75. The highest BCUT2D eigenvalue weighted by Crippen LogP contribution is 2.25. The zero-order chi connectivity index (χ0) is 17.3. The molecule has 4 nitrogen and oxygen atoms in total. The number of aromatic nitrogens is 1. The average molecular weight is 322 g/mol. The molecule has 3 N–H and O–H groups in total. The molecule has 0 saturated carbocycles. The number of fused-ring (bicyclic) bond motifs is 1. The predicted octanol–water partition coefficient (Wildman–Crippen LogP) is 4.14. The summed E-state index contributed by atoms with van der Waals surface area (Å²) in [4.78, 5) is 15.2. The quantitative estimate of drug-likeness (QED) is 0.635. The molecule has 0 spiro atoms. The summed E-state index contributed by atoms with van der Waals surface area (Å²) in [5.74, 6) is 0.221. The summed E-state index contributed by atoms with van der Waals surface area (Å²) in [6.45, 7) is 6.95. The maximum absolute atomic E-state index is 12.3. The lowest BCUT2D eigenvalue weighted by atomic mass is 9.86. The van der Waals surface area contributed by atoms with Crippen molar-refractivity contribution in [1.82, 2.24) is 4.98 Å². The van der Waals surface area contributed by atoms with Crippen molar-refractivity contribution in [3.8, 4) is 5.75 Å². The number of phenolic OH excluding ortho intramolecular Hbond substituents is 1. The highest BCUT2D eigenvalue weighted by Gasteiger charge is 2.14. The highest BCUT2D eigenvalue weighted by atomic mass is 16.3. The van der Waals surface area contributed by atoms with Crippen LogP contribution in [0.5, 0.6) is 5.75 Å². The number of anilines is 1. The number of H-pyrrole nitrogens is 1. The van der Waals surface area contributed by atoms with Gasteiger partial charge in [-0.25, -0.2) is 0 Å². The van der Waals surface area contributed by atoms with Gasteiger partial charge in [-0.1, -0.05) is 26.8 Å². The lowest BCUT2D eigenvalue weighted by Gasteiger charge is -2.19. The number of pyridine rings is 1. The van der Waals surface area contributed by atoms with Crippen LogP contribution in [-0.4, -0.2) is 10.1 Å². The van der Waals surface area contributed by atoms with Crippen LogP contribution in [0.25, 0.3) is 10.9 Å². The molecule has 0 saturated heterocycles. The second-order valence-corrected chi connectivity index (χ2v) is 7.08. The minimum atomic E-state index is -0.0858. The standard InChI is InChI=1S/C20H22N2O2/c1-20(2,3)15-4-9-18-13(11-15)10-14(19(24)22-18)12-21-16-5-7-17(23)8-6-16/h4-11,21,23H,12H2,1-3H3,(H,22,24). The van der Waals surface area contributed by atoms with E-state index in [0.717, 1.165) is 16.6 Å². The molecule has 0 aliphatic rings. The molecule has 0 amide bonds. The van der Waals surface area contributed by atoms with E-state index in [2.05, 4.69) is 43.2 Å². The first-order valence-corrected chi connectivity index (χ1v) is 8.02. The Kier molecular flexibility index (Phi) is 4.06. The SMILES string of the molecule is CC(C)(C)c1ccc2[nH]c(=O)c(CNc3ccc(O)cc3)cc2c1. The van der Waals surface area contributed by atoms with Gasteiger partial charge >= 0.3 is 0 Å². The zero-order valence-corrected chi connectivity index (χ0v) is 14.2. The Morgan fingerprint density at radius 3 is 2.42 bits per heavy atom. The fraction of sp³-hybridized carbons (Fsp3) is 0.250. The molecule has 0 fully saturated rings. The summed E-state index contributed by atoms with van der Waals surface area (Å²) < 4.78 is 0. The van der Waals surface area contributed by atoms with Crippen molar-refractivity contribution in [1.29, 1.82) is 0 Å². The van der Waals surface area contributed by atoms with E-state index in [9.17, 15) is 9.90 Å². The van der Waals surface area contributed by atoms with E-state index in [1.807, 2.05) is 12.1 Å². The van der Waals surface area contributed by atoms with Crippen LogP contribution in [-0.2, 0) is 12.0 Å². The summed E-state index contributed by atoms with van der Waals surface area (Å²) >= 11 is 0. The van der Waals surface area contributed by atoms with Crippen LogP contribution in [0.1, 0.15) is 31.9 Å². The van der Waals surface area contributed by atoms with Gasteiger partial charge in [-0.15, -0.1) is 0 Å². The van der Waals surface area contributed by atoms with Gasteiger partial charge in [0.1, 0.15) is 5.75 Å². The first-order chi connectivity index (χ1) is 11.3. The number of phenols is 1. The third kappa shape index (κ3) is 3.43. The number of rotatable bonds is 3. The van der Waals surface area contributed by atoms with Crippen LogP contribution < -0.4 is 10.9 Å². The maximum Gasteiger partial charge on any atom is 0.253 e. The van der Waals surface area contributed by atoms with Gasteiger partial charge in [-0.05, 0) is 58.8 Å². The van der Waals surface area contributed by atoms with E-state index in [1.165, 1.54) is 5.56 Å². The van der Waals surface area contributed by atoms with Crippen molar-refractivity contribution in [2.45, 2.75) is 32.7 Å². The van der Waals surface area contributed by atoms with Crippen LogP contribution in [0.2, 0.25) is 0 Å². The van der Waals surface area contributed by atoms with E-state index in [0.29, 0.717) is 12.1 Å². The first-order valence-electron chi connectivity index (χ1n) is 8.02. The topological polar surface area (TPSA) is 65.1 Å². The third-order valence-corrected chi connectivity index (χ3v) is 4.14.